The second kappa shape index (κ2) is 4.75. The predicted octanol–water partition coefficient (Wildman–Crippen LogP) is 3.76. The van der Waals surface area contributed by atoms with Crippen molar-refractivity contribution in [3.05, 3.63) is 23.8 Å². The molecule has 1 aromatic rings. The van der Waals surface area contributed by atoms with E-state index in [4.69, 9.17) is 5.73 Å². The van der Waals surface area contributed by atoms with E-state index in [9.17, 15) is 4.79 Å². The van der Waals surface area contributed by atoms with Crippen LogP contribution in [0.5, 0.6) is 0 Å². The molecule has 1 heterocycles. The lowest BCUT2D eigenvalue weighted by molar-refractivity contribution is -0.120. The Labute approximate surface area is 138 Å². The highest BCUT2D eigenvalue weighted by Gasteiger charge is 2.52. The summed E-state index contributed by atoms with van der Waals surface area (Å²) in [6, 6.07) is 6.08. The Kier molecular flexibility index (Phi) is 2.87. The molecule has 4 bridgehead atoms. The zero-order chi connectivity index (χ0) is 15.6. The number of hydrogen-bond acceptors (Lipinski definition) is 2. The van der Waals surface area contributed by atoms with Gasteiger partial charge < -0.3 is 10.6 Å². The van der Waals surface area contributed by atoms with Gasteiger partial charge >= 0.3 is 0 Å². The van der Waals surface area contributed by atoms with Gasteiger partial charge in [0, 0.05) is 24.3 Å². The van der Waals surface area contributed by atoms with E-state index in [1.165, 1.54) is 44.1 Å². The molecule has 2 N–H and O–H groups in total. The van der Waals surface area contributed by atoms with Gasteiger partial charge in [0.05, 0.1) is 0 Å². The van der Waals surface area contributed by atoms with Gasteiger partial charge in [0.1, 0.15) is 0 Å². The standard InChI is InChI=1S/C20H26N2O/c21-17-2-3-18-16(8-17)1-4-19(23)22(18)12-20-9-13-5-14(10-20)7-15(6-13)11-20/h2-3,8,13-15H,1,4-7,9-12,21H2. The van der Waals surface area contributed by atoms with E-state index in [2.05, 4.69) is 17.0 Å². The molecule has 122 valence electrons. The molecule has 0 spiro atoms. The van der Waals surface area contributed by atoms with E-state index in [1.807, 2.05) is 6.07 Å². The molecule has 4 saturated carbocycles. The van der Waals surface area contributed by atoms with Crippen molar-refractivity contribution in [1.82, 2.24) is 0 Å². The van der Waals surface area contributed by atoms with Crippen molar-refractivity contribution in [3.8, 4) is 0 Å². The monoisotopic (exact) mass is 310 g/mol. The lowest BCUT2D eigenvalue weighted by Crippen LogP contribution is -2.53. The summed E-state index contributed by atoms with van der Waals surface area (Å²) in [5.41, 5.74) is 9.55. The molecule has 5 aliphatic rings. The summed E-state index contributed by atoms with van der Waals surface area (Å²) in [4.78, 5) is 14.8. The van der Waals surface area contributed by atoms with Gasteiger partial charge in [-0.3, -0.25) is 4.79 Å². The molecule has 0 radical (unpaired) electrons. The van der Waals surface area contributed by atoms with Crippen LogP contribution >= 0.6 is 0 Å². The number of nitrogens with two attached hydrogens (primary N) is 1. The minimum Gasteiger partial charge on any atom is -0.399 e. The van der Waals surface area contributed by atoms with Crippen molar-refractivity contribution in [1.29, 1.82) is 0 Å². The van der Waals surface area contributed by atoms with Gasteiger partial charge in [-0.05, 0) is 91.9 Å². The summed E-state index contributed by atoms with van der Waals surface area (Å²) < 4.78 is 0. The van der Waals surface area contributed by atoms with Crippen molar-refractivity contribution < 1.29 is 4.79 Å². The van der Waals surface area contributed by atoms with Crippen molar-refractivity contribution in [2.75, 3.05) is 17.2 Å². The van der Waals surface area contributed by atoms with Gasteiger partial charge in [-0.15, -0.1) is 0 Å². The highest BCUT2D eigenvalue weighted by molar-refractivity contribution is 5.96. The average Bonchev–Trinajstić information content (AvgIpc) is 2.48. The summed E-state index contributed by atoms with van der Waals surface area (Å²) >= 11 is 0. The zero-order valence-corrected chi connectivity index (χ0v) is 13.8. The number of benzene rings is 1. The van der Waals surface area contributed by atoms with Crippen LogP contribution in [0, 0.1) is 23.2 Å². The second-order valence-electron chi connectivity index (χ2n) is 8.79. The molecule has 4 fully saturated rings. The molecular weight excluding hydrogens is 284 g/mol. The molecule has 3 heteroatoms. The number of anilines is 2. The largest absolute Gasteiger partial charge is 0.399 e. The van der Waals surface area contributed by atoms with Crippen molar-refractivity contribution in [3.63, 3.8) is 0 Å². The minimum atomic E-state index is 0.318. The highest BCUT2D eigenvalue weighted by Crippen LogP contribution is 2.60. The Balaban J connectivity index is 1.47. The molecular formula is C20H26N2O. The summed E-state index contributed by atoms with van der Waals surface area (Å²) in [5, 5.41) is 0. The van der Waals surface area contributed by atoms with E-state index < -0.39 is 0 Å². The number of fused-ring (bicyclic) bond motifs is 1. The molecule has 0 unspecified atom stereocenters. The Bertz CT molecular complexity index is 630. The summed E-state index contributed by atoms with van der Waals surface area (Å²) in [7, 11) is 0. The molecule has 0 saturated heterocycles. The summed E-state index contributed by atoms with van der Waals surface area (Å²) in [6.07, 6.45) is 9.92. The van der Waals surface area contributed by atoms with Gasteiger partial charge in [-0.1, -0.05) is 0 Å². The minimum absolute atomic E-state index is 0.318. The maximum absolute atomic E-state index is 12.7. The maximum Gasteiger partial charge on any atom is 0.227 e. The summed E-state index contributed by atoms with van der Waals surface area (Å²) in [6.45, 7) is 0.951. The van der Waals surface area contributed by atoms with E-state index in [1.54, 1.807) is 0 Å². The van der Waals surface area contributed by atoms with Crippen LogP contribution in [-0.4, -0.2) is 12.5 Å². The van der Waals surface area contributed by atoms with Crippen molar-refractivity contribution in [2.24, 2.45) is 23.2 Å². The fraction of sp³-hybridized carbons (Fsp3) is 0.650. The Morgan fingerprint density at radius 3 is 2.35 bits per heavy atom. The van der Waals surface area contributed by atoms with Crippen LogP contribution in [0.4, 0.5) is 11.4 Å². The third-order valence-electron chi connectivity index (χ3n) is 6.96. The number of nitrogens with zero attached hydrogens (tertiary/aromatic N) is 1. The lowest BCUT2D eigenvalue weighted by atomic mass is 9.49. The van der Waals surface area contributed by atoms with Crippen molar-refractivity contribution in [2.45, 2.75) is 51.4 Å². The molecule has 4 aliphatic carbocycles. The number of amides is 1. The summed E-state index contributed by atoms with van der Waals surface area (Å²) in [5.74, 6) is 3.13. The third-order valence-corrected chi connectivity index (χ3v) is 6.96. The Hall–Kier alpha value is -1.51. The lowest BCUT2D eigenvalue weighted by Gasteiger charge is -2.58. The molecule has 0 atom stereocenters. The van der Waals surface area contributed by atoms with Crippen LogP contribution in [-0.2, 0) is 11.2 Å². The fourth-order valence-corrected chi connectivity index (χ4v) is 6.57. The van der Waals surface area contributed by atoms with Gasteiger partial charge in [0.2, 0.25) is 5.91 Å². The van der Waals surface area contributed by atoms with Gasteiger partial charge in [0.15, 0.2) is 0 Å². The first-order valence-electron chi connectivity index (χ1n) is 9.29. The van der Waals surface area contributed by atoms with E-state index in [-0.39, 0.29) is 0 Å². The predicted molar refractivity (Wildman–Crippen MR) is 92.1 cm³/mol. The molecule has 1 aliphatic heterocycles. The van der Waals surface area contributed by atoms with Gasteiger partial charge in [0.25, 0.3) is 0 Å². The first-order valence-corrected chi connectivity index (χ1v) is 9.29. The molecule has 1 aromatic carbocycles. The number of carbonyl (C=O) groups is 1. The Morgan fingerprint density at radius 1 is 1.04 bits per heavy atom. The average molecular weight is 310 g/mol. The topological polar surface area (TPSA) is 46.3 Å². The number of aryl methyl sites for hydroxylation is 1. The smallest absolute Gasteiger partial charge is 0.227 e. The molecule has 3 nitrogen and oxygen atoms in total. The maximum atomic E-state index is 12.7. The molecule has 23 heavy (non-hydrogen) atoms. The van der Waals surface area contributed by atoms with Gasteiger partial charge in [-0.2, -0.15) is 0 Å². The van der Waals surface area contributed by atoms with Crippen LogP contribution in [0.2, 0.25) is 0 Å². The van der Waals surface area contributed by atoms with E-state index in [0.29, 0.717) is 17.7 Å². The van der Waals surface area contributed by atoms with E-state index >= 15 is 0 Å². The first-order chi connectivity index (χ1) is 11.1. The zero-order valence-electron chi connectivity index (χ0n) is 13.8. The number of nitrogen functional groups attached to an aromatic ring is 1. The number of carbonyl (C=O) groups excluding carboxylic acids is 1. The fourth-order valence-electron chi connectivity index (χ4n) is 6.57. The quantitative estimate of drug-likeness (QED) is 0.845. The third kappa shape index (κ3) is 2.20. The Morgan fingerprint density at radius 2 is 1.70 bits per heavy atom. The number of rotatable bonds is 2. The molecule has 6 rings (SSSR count). The second-order valence-corrected chi connectivity index (χ2v) is 8.79. The van der Waals surface area contributed by atoms with E-state index in [0.717, 1.165) is 42.1 Å². The molecule has 0 aromatic heterocycles. The normalized spacial score (nSPS) is 38.0. The van der Waals surface area contributed by atoms with Crippen LogP contribution in [0.3, 0.4) is 0 Å². The first kappa shape index (κ1) is 13.9. The molecule has 1 amide bonds. The van der Waals surface area contributed by atoms with Crippen molar-refractivity contribution >= 4 is 17.3 Å². The van der Waals surface area contributed by atoms with Crippen LogP contribution < -0.4 is 10.6 Å². The van der Waals surface area contributed by atoms with Crippen LogP contribution in [0.25, 0.3) is 0 Å². The van der Waals surface area contributed by atoms with Gasteiger partial charge in [-0.25, -0.2) is 0 Å². The van der Waals surface area contributed by atoms with Crippen LogP contribution in [0.1, 0.15) is 50.5 Å². The number of hydrogen-bond donors (Lipinski definition) is 1. The SMILES string of the molecule is Nc1ccc2c(c1)CCC(=O)N2CC12CC3CC(CC(C3)C1)C2. The highest BCUT2D eigenvalue weighted by atomic mass is 16.2. The van der Waals surface area contributed by atoms with Crippen LogP contribution in [0.15, 0.2) is 18.2 Å².